The van der Waals surface area contributed by atoms with Crippen LogP contribution in [-0.2, 0) is 10.0 Å². The summed E-state index contributed by atoms with van der Waals surface area (Å²) in [6.07, 6.45) is 7.42. The average Bonchev–Trinajstić information content (AvgIpc) is 2.72. The Morgan fingerprint density at radius 1 is 1.18 bits per heavy atom. The van der Waals surface area contributed by atoms with E-state index >= 15 is 0 Å². The van der Waals surface area contributed by atoms with Gasteiger partial charge in [0.1, 0.15) is 0 Å². The summed E-state index contributed by atoms with van der Waals surface area (Å²) in [5, 5.41) is 2.91. The third kappa shape index (κ3) is 3.01. The van der Waals surface area contributed by atoms with Gasteiger partial charge in [-0.1, -0.05) is 19.3 Å². The van der Waals surface area contributed by atoms with E-state index in [0.29, 0.717) is 12.0 Å². The molecule has 4 nitrogen and oxygen atoms in total. The number of hydrogen-bond acceptors (Lipinski definition) is 3. The second-order valence-electron chi connectivity index (χ2n) is 5.56. The van der Waals surface area contributed by atoms with Gasteiger partial charge in [-0.2, -0.15) is 0 Å². The van der Waals surface area contributed by atoms with Gasteiger partial charge in [0.25, 0.3) is 0 Å². The van der Waals surface area contributed by atoms with Crippen molar-refractivity contribution < 1.29 is 8.42 Å². The maximum Gasteiger partial charge on any atom is 0.215 e. The second-order valence-corrected chi connectivity index (χ2v) is 7.65. The molecule has 1 saturated heterocycles. The quantitative estimate of drug-likeness (QED) is 0.826. The van der Waals surface area contributed by atoms with Crippen molar-refractivity contribution in [3.8, 4) is 0 Å². The summed E-state index contributed by atoms with van der Waals surface area (Å²) in [4.78, 5) is 0. The van der Waals surface area contributed by atoms with Crippen LogP contribution in [0.15, 0.2) is 0 Å². The Hall–Kier alpha value is -0.130. The van der Waals surface area contributed by atoms with Crippen LogP contribution in [-0.4, -0.2) is 45.2 Å². The lowest BCUT2D eigenvalue weighted by atomic mass is 9.74. The molecular formula is C12H24N2O2S. The zero-order valence-corrected chi connectivity index (χ0v) is 11.6. The molecule has 0 aromatic carbocycles. The fourth-order valence-corrected chi connectivity index (χ4v) is 4.76. The van der Waals surface area contributed by atoms with Gasteiger partial charge in [-0.05, 0) is 31.7 Å². The number of rotatable bonds is 4. The summed E-state index contributed by atoms with van der Waals surface area (Å²) in [5.41, 5.74) is 0.324. The minimum atomic E-state index is -3.03. The van der Waals surface area contributed by atoms with Gasteiger partial charge in [-0.3, -0.25) is 0 Å². The van der Waals surface area contributed by atoms with Gasteiger partial charge in [0.05, 0.1) is 5.75 Å². The lowest BCUT2D eigenvalue weighted by molar-refractivity contribution is 0.205. The molecule has 0 atom stereocenters. The second kappa shape index (κ2) is 5.24. The fraction of sp³-hybridized carbons (Fsp3) is 1.00. The van der Waals surface area contributed by atoms with Crippen molar-refractivity contribution >= 4 is 10.0 Å². The van der Waals surface area contributed by atoms with Crippen LogP contribution in [0.1, 0.15) is 38.5 Å². The zero-order valence-electron chi connectivity index (χ0n) is 10.7. The zero-order chi connectivity index (χ0) is 12.4. The predicted octanol–water partition coefficient (Wildman–Crippen LogP) is 1.19. The van der Waals surface area contributed by atoms with E-state index in [1.807, 2.05) is 0 Å². The molecule has 2 rings (SSSR count). The van der Waals surface area contributed by atoms with Crippen molar-refractivity contribution in [1.29, 1.82) is 0 Å². The van der Waals surface area contributed by atoms with Crippen LogP contribution < -0.4 is 5.32 Å². The van der Waals surface area contributed by atoms with Gasteiger partial charge >= 0.3 is 0 Å². The minimum absolute atomic E-state index is 0.236. The Labute approximate surface area is 105 Å². The molecule has 1 N–H and O–H groups in total. The molecule has 0 unspecified atom stereocenters. The lowest BCUT2D eigenvalue weighted by Crippen LogP contribution is -2.36. The number of nitrogens with one attached hydrogen (secondary N) is 1. The number of nitrogens with zero attached hydrogens (tertiary/aromatic N) is 1. The first-order chi connectivity index (χ1) is 8.08. The summed E-state index contributed by atoms with van der Waals surface area (Å²) >= 11 is 0. The predicted molar refractivity (Wildman–Crippen MR) is 69.4 cm³/mol. The van der Waals surface area contributed by atoms with Crippen LogP contribution in [0.3, 0.4) is 0 Å². The molecule has 1 heterocycles. The van der Waals surface area contributed by atoms with Crippen molar-refractivity contribution in [2.24, 2.45) is 5.41 Å². The normalized spacial score (nSPS) is 25.5. The average molecular weight is 260 g/mol. The van der Waals surface area contributed by atoms with Crippen LogP contribution in [0.2, 0.25) is 0 Å². The van der Waals surface area contributed by atoms with Gasteiger partial charge in [0.2, 0.25) is 10.0 Å². The van der Waals surface area contributed by atoms with E-state index in [0.717, 1.165) is 19.5 Å². The largest absolute Gasteiger partial charge is 0.319 e. The molecule has 0 aromatic rings. The van der Waals surface area contributed by atoms with E-state index in [-0.39, 0.29) is 5.75 Å². The monoisotopic (exact) mass is 260 g/mol. The summed E-state index contributed by atoms with van der Waals surface area (Å²) in [6.45, 7) is 2.07. The molecule has 1 saturated carbocycles. The maximum atomic E-state index is 12.1. The third-order valence-electron chi connectivity index (χ3n) is 4.32. The molecule has 2 aliphatic rings. The van der Waals surface area contributed by atoms with Gasteiger partial charge < -0.3 is 5.32 Å². The van der Waals surface area contributed by atoms with Crippen molar-refractivity contribution in [3.63, 3.8) is 0 Å². The van der Waals surface area contributed by atoms with Crippen molar-refractivity contribution in [2.45, 2.75) is 38.5 Å². The van der Waals surface area contributed by atoms with E-state index in [1.165, 1.54) is 32.1 Å². The standard InChI is InChI=1S/C12H24N2O2S/c1-13-8-10-17(15,16)14-9-7-12(11-14)5-3-2-4-6-12/h13H,2-11H2,1H3. The Kier molecular flexibility index (Phi) is 4.10. The first kappa shape index (κ1) is 13.3. The van der Waals surface area contributed by atoms with Crippen LogP contribution in [0.5, 0.6) is 0 Å². The SMILES string of the molecule is CNCCS(=O)(=O)N1CCC2(CCCCC2)C1. The molecule has 0 amide bonds. The highest BCUT2D eigenvalue weighted by atomic mass is 32.2. The molecule has 0 radical (unpaired) electrons. The van der Waals surface area contributed by atoms with E-state index in [1.54, 1.807) is 11.4 Å². The highest BCUT2D eigenvalue weighted by Crippen LogP contribution is 2.44. The Balaban J connectivity index is 1.96. The van der Waals surface area contributed by atoms with Gasteiger partial charge in [-0.15, -0.1) is 0 Å². The van der Waals surface area contributed by atoms with Crippen molar-refractivity contribution in [1.82, 2.24) is 9.62 Å². The maximum absolute atomic E-state index is 12.1. The molecule has 1 aliphatic heterocycles. The number of hydrogen-bond donors (Lipinski definition) is 1. The first-order valence-corrected chi connectivity index (χ1v) is 8.31. The molecule has 0 aromatic heterocycles. The lowest BCUT2D eigenvalue weighted by Gasteiger charge is -2.33. The van der Waals surface area contributed by atoms with Gasteiger partial charge in [-0.25, -0.2) is 12.7 Å². The molecule has 17 heavy (non-hydrogen) atoms. The third-order valence-corrected chi connectivity index (χ3v) is 6.14. The summed E-state index contributed by atoms with van der Waals surface area (Å²) < 4.78 is 25.9. The molecule has 1 aliphatic carbocycles. The Morgan fingerprint density at radius 2 is 1.88 bits per heavy atom. The van der Waals surface area contributed by atoms with E-state index in [2.05, 4.69) is 5.32 Å². The molecule has 100 valence electrons. The highest BCUT2D eigenvalue weighted by Gasteiger charge is 2.42. The van der Waals surface area contributed by atoms with E-state index in [9.17, 15) is 8.42 Å². The topological polar surface area (TPSA) is 49.4 Å². The van der Waals surface area contributed by atoms with Gasteiger partial charge in [0.15, 0.2) is 0 Å². The van der Waals surface area contributed by atoms with E-state index < -0.39 is 10.0 Å². The Morgan fingerprint density at radius 3 is 2.53 bits per heavy atom. The molecule has 2 fully saturated rings. The minimum Gasteiger partial charge on any atom is -0.319 e. The molecule has 0 bridgehead atoms. The van der Waals surface area contributed by atoms with Crippen LogP contribution in [0.25, 0.3) is 0 Å². The molecule has 1 spiro atoms. The fourth-order valence-electron chi connectivity index (χ4n) is 3.20. The van der Waals surface area contributed by atoms with Crippen molar-refractivity contribution in [3.05, 3.63) is 0 Å². The van der Waals surface area contributed by atoms with Crippen LogP contribution >= 0.6 is 0 Å². The number of sulfonamides is 1. The van der Waals surface area contributed by atoms with Gasteiger partial charge in [0, 0.05) is 19.6 Å². The van der Waals surface area contributed by atoms with Crippen molar-refractivity contribution in [2.75, 3.05) is 32.4 Å². The van der Waals surface area contributed by atoms with E-state index in [4.69, 9.17) is 0 Å². The van der Waals surface area contributed by atoms with Crippen LogP contribution in [0, 0.1) is 5.41 Å². The highest BCUT2D eigenvalue weighted by molar-refractivity contribution is 7.89. The summed E-state index contributed by atoms with van der Waals surface area (Å²) in [7, 11) is -1.23. The smallest absolute Gasteiger partial charge is 0.215 e. The molecular weight excluding hydrogens is 236 g/mol. The first-order valence-electron chi connectivity index (χ1n) is 6.70. The summed E-state index contributed by atoms with van der Waals surface area (Å²) in [6, 6.07) is 0. The summed E-state index contributed by atoms with van der Waals surface area (Å²) in [5.74, 6) is 0.236. The molecule has 5 heteroatoms. The Bertz CT molecular complexity index is 348. The van der Waals surface area contributed by atoms with Crippen LogP contribution in [0.4, 0.5) is 0 Å².